The lowest BCUT2D eigenvalue weighted by atomic mass is 10.2. The number of imidazole rings is 2. The third-order valence-electron chi connectivity index (χ3n) is 3.53. The van der Waals surface area contributed by atoms with E-state index < -0.39 is 0 Å². The quantitative estimate of drug-likeness (QED) is 0.755. The fourth-order valence-corrected chi connectivity index (χ4v) is 3.03. The first-order chi connectivity index (χ1) is 10.3. The monoisotopic (exact) mass is 301 g/mol. The van der Waals surface area contributed by atoms with Crippen LogP contribution in [0, 0.1) is 0 Å². The Bertz CT molecular complexity index is 683. The predicted octanol–water partition coefficient (Wildman–Crippen LogP) is 3.68. The minimum atomic E-state index is 0.171. The SMILES string of the molecule is CCCCc1ncc(-c2nccn2C(C)c2nccs2)[nH]1. The molecule has 6 heteroatoms. The smallest absolute Gasteiger partial charge is 0.158 e. The van der Waals surface area contributed by atoms with Gasteiger partial charge in [0.05, 0.1) is 12.2 Å². The Morgan fingerprint density at radius 2 is 2.19 bits per heavy atom. The van der Waals surface area contributed by atoms with Gasteiger partial charge in [-0.15, -0.1) is 11.3 Å². The third-order valence-corrected chi connectivity index (χ3v) is 4.48. The van der Waals surface area contributed by atoms with E-state index in [0.717, 1.165) is 35.2 Å². The number of unbranched alkanes of at least 4 members (excludes halogenated alkanes) is 1. The van der Waals surface area contributed by atoms with Crippen molar-refractivity contribution in [3.05, 3.63) is 41.0 Å². The lowest BCUT2D eigenvalue weighted by Crippen LogP contribution is -2.07. The second-order valence-corrected chi connectivity index (χ2v) is 5.98. The van der Waals surface area contributed by atoms with E-state index in [-0.39, 0.29) is 6.04 Å². The predicted molar refractivity (Wildman–Crippen MR) is 84.3 cm³/mol. The molecule has 0 saturated carbocycles. The Kier molecular flexibility index (Phi) is 4.15. The molecule has 0 amide bonds. The summed E-state index contributed by atoms with van der Waals surface area (Å²) in [7, 11) is 0. The van der Waals surface area contributed by atoms with E-state index >= 15 is 0 Å². The second kappa shape index (κ2) is 6.22. The van der Waals surface area contributed by atoms with E-state index in [1.165, 1.54) is 6.42 Å². The van der Waals surface area contributed by atoms with Crippen LogP contribution >= 0.6 is 11.3 Å². The number of aromatic nitrogens is 5. The standard InChI is InChI=1S/C15H19N5S/c1-3-4-5-13-18-10-12(19-13)14-16-6-8-20(14)11(2)15-17-7-9-21-15/h6-11H,3-5H2,1-2H3,(H,18,19). The normalized spacial score (nSPS) is 12.7. The largest absolute Gasteiger partial charge is 0.339 e. The van der Waals surface area contributed by atoms with E-state index in [1.807, 2.05) is 30.2 Å². The summed E-state index contributed by atoms with van der Waals surface area (Å²) < 4.78 is 2.13. The number of thiazole rings is 1. The molecule has 0 bridgehead atoms. The summed E-state index contributed by atoms with van der Waals surface area (Å²) in [5, 5.41) is 3.08. The van der Waals surface area contributed by atoms with Gasteiger partial charge in [-0.1, -0.05) is 13.3 Å². The third kappa shape index (κ3) is 2.90. The van der Waals surface area contributed by atoms with Crippen molar-refractivity contribution in [1.29, 1.82) is 0 Å². The van der Waals surface area contributed by atoms with Crippen LogP contribution in [0.3, 0.4) is 0 Å². The zero-order valence-electron chi connectivity index (χ0n) is 12.3. The Hall–Kier alpha value is -1.95. The zero-order valence-corrected chi connectivity index (χ0v) is 13.1. The van der Waals surface area contributed by atoms with Crippen molar-refractivity contribution in [2.24, 2.45) is 0 Å². The average Bonchev–Trinajstić information content (AvgIpc) is 3.24. The average molecular weight is 301 g/mol. The van der Waals surface area contributed by atoms with Crippen molar-refractivity contribution in [2.75, 3.05) is 0 Å². The first kappa shape index (κ1) is 14.0. The number of aryl methyl sites for hydroxylation is 1. The summed E-state index contributed by atoms with van der Waals surface area (Å²) in [6, 6.07) is 0.171. The van der Waals surface area contributed by atoms with Gasteiger partial charge in [-0.3, -0.25) is 0 Å². The molecule has 1 unspecified atom stereocenters. The Balaban J connectivity index is 1.86. The van der Waals surface area contributed by atoms with E-state index in [4.69, 9.17) is 0 Å². The van der Waals surface area contributed by atoms with Crippen LogP contribution in [0.4, 0.5) is 0 Å². The van der Waals surface area contributed by atoms with E-state index in [2.05, 4.69) is 38.4 Å². The highest BCUT2D eigenvalue weighted by atomic mass is 32.1. The van der Waals surface area contributed by atoms with Gasteiger partial charge in [0.15, 0.2) is 5.82 Å². The molecular formula is C15H19N5S. The van der Waals surface area contributed by atoms with Crippen LogP contribution in [0.2, 0.25) is 0 Å². The molecule has 3 heterocycles. The molecule has 0 aliphatic heterocycles. The molecule has 0 radical (unpaired) electrons. The summed E-state index contributed by atoms with van der Waals surface area (Å²) in [6.45, 7) is 4.32. The molecule has 0 aliphatic carbocycles. The summed E-state index contributed by atoms with van der Waals surface area (Å²) in [5.74, 6) is 1.94. The van der Waals surface area contributed by atoms with Crippen molar-refractivity contribution in [3.63, 3.8) is 0 Å². The fraction of sp³-hybridized carbons (Fsp3) is 0.400. The van der Waals surface area contributed by atoms with Gasteiger partial charge >= 0.3 is 0 Å². The molecule has 0 spiro atoms. The van der Waals surface area contributed by atoms with Crippen LogP contribution in [0.5, 0.6) is 0 Å². The molecule has 110 valence electrons. The molecule has 5 nitrogen and oxygen atoms in total. The molecule has 0 aliphatic rings. The Morgan fingerprint density at radius 3 is 2.95 bits per heavy atom. The van der Waals surface area contributed by atoms with Crippen LogP contribution in [0.25, 0.3) is 11.5 Å². The minimum absolute atomic E-state index is 0.171. The van der Waals surface area contributed by atoms with Crippen molar-refractivity contribution in [1.82, 2.24) is 24.5 Å². The van der Waals surface area contributed by atoms with Gasteiger partial charge in [-0.05, 0) is 13.3 Å². The highest BCUT2D eigenvalue weighted by molar-refractivity contribution is 7.09. The fourth-order valence-electron chi connectivity index (χ4n) is 2.34. The van der Waals surface area contributed by atoms with Gasteiger partial charge in [-0.2, -0.15) is 0 Å². The van der Waals surface area contributed by atoms with Crippen molar-refractivity contribution >= 4 is 11.3 Å². The van der Waals surface area contributed by atoms with Crippen molar-refractivity contribution in [3.8, 4) is 11.5 Å². The minimum Gasteiger partial charge on any atom is -0.339 e. The Labute approximate surface area is 128 Å². The highest BCUT2D eigenvalue weighted by Crippen LogP contribution is 2.25. The number of H-pyrrole nitrogens is 1. The maximum Gasteiger partial charge on any atom is 0.158 e. The van der Waals surface area contributed by atoms with E-state index in [1.54, 1.807) is 11.3 Å². The number of rotatable bonds is 6. The van der Waals surface area contributed by atoms with Gasteiger partial charge < -0.3 is 9.55 Å². The molecule has 1 atom stereocenters. The molecule has 3 rings (SSSR count). The van der Waals surface area contributed by atoms with Crippen LogP contribution in [-0.4, -0.2) is 24.5 Å². The maximum atomic E-state index is 4.48. The number of nitrogens with zero attached hydrogens (tertiary/aromatic N) is 4. The van der Waals surface area contributed by atoms with Gasteiger partial charge in [0.1, 0.15) is 16.5 Å². The molecule has 3 aromatic heterocycles. The molecule has 3 aromatic rings. The first-order valence-electron chi connectivity index (χ1n) is 7.26. The Morgan fingerprint density at radius 1 is 1.29 bits per heavy atom. The van der Waals surface area contributed by atoms with Crippen molar-refractivity contribution in [2.45, 2.75) is 39.2 Å². The van der Waals surface area contributed by atoms with Gasteiger partial charge in [-0.25, -0.2) is 15.0 Å². The topological polar surface area (TPSA) is 59.4 Å². The molecule has 21 heavy (non-hydrogen) atoms. The van der Waals surface area contributed by atoms with Gasteiger partial charge in [0.2, 0.25) is 0 Å². The molecular weight excluding hydrogens is 282 g/mol. The summed E-state index contributed by atoms with van der Waals surface area (Å²) >= 11 is 1.66. The number of hydrogen-bond donors (Lipinski definition) is 1. The van der Waals surface area contributed by atoms with Crippen LogP contribution in [0.15, 0.2) is 30.2 Å². The van der Waals surface area contributed by atoms with Crippen molar-refractivity contribution < 1.29 is 0 Å². The van der Waals surface area contributed by atoms with E-state index in [9.17, 15) is 0 Å². The van der Waals surface area contributed by atoms with Crippen LogP contribution in [0.1, 0.15) is 43.6 Å². The lowest BCUT2D eigenvalue weighted by Gasteiger charge is -2.13. The lowest BCUT2D eigenvalue weighted by molar-refractivity contribution is 0.640. The molecule has 0 saturated heterocycles. The van der Waals surface area contributed by atoms with Crippen LogP contribution < -0.4 is 0 Å². The maximum absolute atomic E-state index is 4.48. The summed E-state index contributed by atoms with van der Waals surface area (Å²) in [5.41, 5.74) is 0.967. The zero-order chi connectivity index (χ0) is 14.7. The first-order valence-corrected chi connectivity index (χ1v) is 8.14. The number of hydrogen-bond acceptors (Lipinski definition) is 4. The second-order valence-electron chi connectivity index (χ2n) is 5.05. The molecule has 0 aromatic carbocycles. The summed E-state index contributed by atoms with van der Waals surface area (Å²) in [4.78, 5) is 16.7. The van der Waals surface area contributed by atoms with Crippen LogP contribution in [-0.2, 0) is 6.42 Å². The van der Waals surface area contributed by atoms with E-state index in [0.29, 0.717) is 0 Å². The number of aromatic amines is 1. The molecule has 0 fully saturated rings. The summed E-state index contributed by atoms with van der Waals surface area (Å²) in [6.07, 6.45) is 10.8. The van der Waals surface area contributed by atoms with Gasteiger partial charge in [0.25, 0.3) is 0 Å². The molecule has 1 N–H and O–H groups in total. The highest BCUT2D eigenvalue weighted by Gasteiger charge is 2.16. The number of nitrogens with one attached hydrogen (secondary N) is 1. The van der Waals surface area contributed by atoms with Gasteiger partial charge in [0, 0.05) is 30.4 Å².